The van der Waals surface area contributed by atoms with Gasteiger partial charge >= 0.3 is 0 Å². The fourth-order valence-corrected chi connectivity index (χ4v) is 4.12. The molecule has 0 spiro atoms. The molecule has 1 aliphatic heterocycles. The summed E-state index contributed by atoms with van der Waals surface area (Å²) in [6.07, 6.45) is 5.00. The van der Waals surface area contributed by atoms with Crippen molar-refractivity contribution in [3.05, 3.63) is 5.56 Å². The zero-order valence-electron chi connectivity index (χ0n) is 11.9. The fourth-order valence-electron chi connectivity index (χ4n) is 3.12. The summed E-state index contributed by atoms with van der Waals surface area (Å²) in [5.41, 5.74) is 7.46. The van der Waals surface area contributed by atoms with Crippen molar-refractivity contribution in [2.45, 2.75) is 44.6 Å². The third-order valence-corrected chi connectivity index (χ3v) is 5.27. The van der Waals surface area contributed by atoms with Gasteiger partial charge in [0.15, 0.2) is 0 Å². The summed E-state index contributed by atoms with van der Waals surface area (Å²) < 4.78 is 4.44. The molecule has 2 fully saturated rings. The first-order valence-corrected chi connectivity index (χ1v) is 8.18. The largest absolute Gasteiger partial charge is 0.383 e. The molecule has 3 rings (SSSR count). The zero-order valence-corrected chi connectivity index (χ0v) is 12.7. The third-order valence-electron chi connectivity index (χ3n) is 4.36. The highest BCUT2D eigenvalue weighted by molar-refractivity contribution is 7.10. The molecular formula is C14H24N4S. The van der Waals surface area contributed by atoms with Gasteiger partial charge < -0.3 is 15.5 Å². The van der Waals surface area contributed by atoms with Gasteiger partial charge in [-0.15, -0.1) is 0 Å². The van der Waals surface area contributed by atoms with Crippen LogP contribution in [0.2, 0.25) is 0 Å². The van der Waals surface area contributed by atoms with Crippen molar-refractivity contribution in [1.82, 2.24) is 9.27 Å². The Labute approximate surface area is 119 Å². The van der Waals surface area contributed by atoms with Crippen LogP contribution in [0.15, 0.2) is 0 Å². The molecule has 1 aliphatic carbocycles. The molecule has 0 bridgehead atoms. The van der Waals surface area contributed by atoms with E-state index in [0.29, 0.717) is 12.0 Å². The van der Waals surface area contributed by atoms with Crippen LogP contribution < -0.4 is 10.6 Å². The predicted molar refractivity (Wildman–Crippen MR) is 82.0 cm³/mol. The van der Waals surface area contributed by atoms with Crippen LogP contribution in [0.25, 0.3) is 0 Å². The minimum absolute atomic E-state index is 0.602. The molecule has 2 N–H and O–H groups in total. The van der Waals surface area contributed by atoms with Crippen molar-refractivity contribution < 1.29 is 0 Å². The molecule has 1 unspecified atom stereocenters. The van der Waals surface area contributed by atoms with E-state index in [1.807, 2.05) is 0 Å². The number of likely N-dealkylation sites (N-methyl/N-ethyl adjacent to an activating group) is 1. The molecule has 1 aromatic rings. The fraction of sp³-hybridized carbons (Fsp3) is 0.786. The predicted octanol–water partition coefficient (Wildman–Crippen LogP) is 2.52. The van der Waals surface area contributed by atoms with E-state index in [4.69, 9.17) is 5.73 Å². The number of anilines is 2. The lowest BCUT2D eigenvalue weighted by Gasteiger charge is -2.31. The normalized spacial score (nSPS) is 25.6. The van der Waals surface area contributed by atoms with Crippen LogP contribution in [-0.2, 0) is 0 Å². The van der Waals surface area contributed by atoms with Crippen molar-refractivity contribution in [1.29, 1.82) is 0 Å². The van der Waals surface area contributed by atoms with E-state index < -0.39 is 0 Å². The molecule has 2 aliphatic rings. The average molecular weight is 280 g/mol. The molecule has 5 heteroatoms. The summed E-state index contributed by atoms with van der Waals surface area (Å²) in [5.74, 6) is 1.47. The summed E-state index contributed by atoms with van der Waals surface area (Å²) in [4.78, 5) is 5.04. The lowest BCUT2D eigenvalue weighted by Crippen LogP contribution is -2.39. The lowest BCUT2D eigenvalue weighted by molar-refractivity contribution is 0.328. The Morgan fingerprint density at radius 1 is 1.37 bits per heavy atom. The summed E-state index contributed by atoms with van der Waals surface area (Å²) in [5, 5.41) is 1.36. The second-order valence-electron chi connectivity index (χ2n) is 5.93. The first-order valence-electron chi connectivity index (χ1n) is 7.41. The Hall–Kier alpha value is -0.810. The van der Waals surface area contributed by atoms with E-state index >= 15 is 0 Å². The second-order valence-corrected chi connectivity index (χ2v) is 6.68. The van der Waals surface area contributed by atoms with Gasteiger partial charge in [0.05, 0.1) is 0 Å². The van der Waals surface area contributed by atoms with Crippen LogP contribution >= 0.6 is 11.5 Å². The number of aromatic nitrogens is 1. The van der Waals surface area contributed by atoms with Gasteiger partial charge in [-0.05, 0) is 56.7 Å². The summed E-state index contributed by atoms with van der Waals surface area (Å²) in [6.45, 7) is 5.78. The van der Waals surface area contributed by atoms with Crippen molar-refractivity contribution in [2.75, 3.05) is 37.3 Å². The Balaban J connectivity index is 1.90. The Morgan fingerprint density at radius 2 is 2.16 bits per heavy atom. The second kappa shape index (κ2) is 5.29. The van der Waals surface area contributed by atoms with Gasteiger partial charge in [0.2, 0.25) is 0 Å². The van der Waals surface area contributed by atoms with Crippen molar-refractivity contribution in [3.8, 4) is 0 Å². The van der Waals surface area contributed by atoms with E-state index in [0.717, 1.165) is 18.9 Å². The molecule has 0 amide bonds. The molecule has 1 saturated heterocycles. The van der Waals surface area contributed by atoms with E-state index in [9.17, 15) is 0 Å². The summed E-state index contributed by atoms with van der Waals surface area (Å²) in [6, 6.07) is 0.602. The molecule has 1 aromatic heterocycles. The first kappa shape index (κ1) is 13.2. The van der Waals surface area contributed by atoms with Crippen LogP contribution in [0.3, 0.4) is 0 Å². The van der Waals surface area contributed by atoms with Crippen LogP contribution in [0.5, 0.6) is 0 Å². The lowest BCUT2D eigenvalue weighted by atomic mass is 10.1. The number of nitrogen functional groups attached to an aromatic ring is 1. The molecule has 4 nitrogen and oxygen atoms in total. The number of hydrogen-bond acceptors (Lipinski definition) is 5. The van der Waals surface area contributed by atoms with Crippen molar-refractivity contribution in [3.63, 3.8) is 0 Å². The number of nitrogens with zero attached hydrogens (tertiary/aromatic N) is 3. The van der Waals surface area contributed by atoms with E-state index in [2.05, 4.69) is 28.1 Å². The smallest absolute Gasteiger partial charge is 0.142 e. The number of rotatable bonds is 3. The third kappa shape index (κ3) is 2.58. The molecule has 19 heavy (non-hydrogen) atoms. The topological polar surface area (TPSA) is 45.4 Å². The summed E-state index contributed by atoms with van der Waals surface area (Å²) in [7, 11) is 2.23. The number of hydrogen-bond donors (Lipinski definition) is 1. The maximum Gasteiger partial charge on any atom is 0.142 e. The highest BCUT2D eigenvalue weighted by Crippen LogP contribution is 2.49. The molecule has 0 aromatic carbocycles. The molecule has 2 heterocycles. The SMILES string of the molecule is CCC1CN(C)CCCN1c1snc(N)c1C1CC1. The van der Waals surface area contributed by atoms with E-state index in [1.54, 1.807) is 11.5 Å². The quantitative estimate of drug-likeness (QED) is 0.924. The Morgan fingerprint density at radius 3 is 2.84 bits per heavy atom. The monoisotopic (exact) mass is 280 g/mol. The van der Waals surface area contributed by atoms with Gasteiger partial charge in [-0.3, -0.25) is 0 Å². The zero-order chi connectivity index (χ0) is 13.4. The van der Waals surface area contributed by atoms with Gasteiger partial charge in [-0.25, -0.2) is 0 Å². The Kier molecular flexibility index (Phi) is 3.67. The first-order chi connectivity index (χ1) is 9.20. The maximum atomic E-state index is 6.10. The molecule has 1 saturated carbocycles. The van der Waals surface area contributed by atoms with Gasteiger partial charge in [0.25, 0.3) is 0 Å². The highest BCUT2D eigenvalue weighted by Gasteiger charge is 2.34. The standard InChI is InChI=1S/C14H24N4S/c1-3-11-9-17(2)7-4-8-18(11)14-12(10-5-6-10)13(15)16-19-14/h10-11H,3-9H2,1-2H3,(H2,15,16). The van der Waals surface area contributed by atoms with Gasteiger partial charge in [0.1, 0.15) is 10.8 Å². The van der Waals surface area contributed by atoms with Gasteiger partial charge in [-0.2, -0.15) is 4.37 Å². The Bertz CT molecular complexity index is 441. The highest BCUT2D eigenvalue weighted by atomic mass is 32.1. The van der Waals surface area contributed by atoms with Crippen LogP contribution in [-0.4, -0.2) is 42.0 Å². The molecular weight excluding hydrogens is 256 g/mol. The van der Waals surface area contributed by atoms with E-state index in [1.165, 1.54) is 42.8 Å². The summed E-state index contributed by atoms with van der Waals surface area (Å²) >= 11 is 1.61. The van der Waals surface area contributed by atoms with Crippen LogP contribution in [0, 0.1) is 0 Å². The van der Waals surface area contributed by atoms with E-state index in [-0.39, 0.29) is 0 Å². The van der Waals surface area contributed by atoms with Gasteiger partial charge in [0, 0.05) is 24.7 Å². The van der Waals surface area contributed by atoms with Crippen LogP contribution in [0.1, 0.15) is 44.1 Å². The number of nitrogens with two attached hydrogens (primary N) is 1. The van der Waals surface area contributed by atoms with Crippen LogP contribution in [0.4, 0.5) is 10.8 Å². The minimum atomic E-state index is 0.602. The van der Waals surface area contributed by atoms with Crippen molar-refractivity contribution in [2.24, 2.45) is 0 Å². The molecule has 1 atom stereocenters. The maximum absolute atomic E-state index is 6.10. The van der Waals surface area contributed by atoms with Gasteiger partial charge in [-0.1, -0.05) is 6.92 Å². The van der Waals surface area contributed by atoms with Crippen molar-refractivity contribution >= 4 is 22.4 Å². The average Bonchev–Trinajstić information content (AvgIpc) is 3.18. The molecule has 106 valence electrons. The molecule has 0 radical (unpaired) electrons. The minimum Gasteiger partial charge on any atom is -0.383 e.